The number of ketones is 2. The Hall–Kier alpha value is -2.77. The van der Waals surface area contributed by atoms with Crippen molar-refractivity contribution in [1.82, 2.24) is 10.2 Å². The van der Waals surface area contributed by atoms with Gasteiger partial charge in [0.2, 0.25) is 5.91 Å². The van der Waals surface area contributed by atoms with E-state index in [1.165, 1.54) is 24.8 Å². The van der Waals surface area contributed by atoms with Crippen LogP contribution >= 0.6 is 0 Å². The molecule has 2 N–H and O–H groups in total. The molecular formula is C21H30N2O6. The molecule has 1 aliphatic heterocycles. The van der Waals surface area contributed by atoms with E-state index < -0.39 is 17.9 Å². The van der Waals surface area contributed by atoms with E-state index >= 15 is 0 Å². The van der Waals surface area contributed by atoms with Crippen molar-refractivity contribution in [3.63, 3.8) is 0 Å². The van der Waals surface area contributed by atoms with Gasteiger partial charge in [-0.15, -0.1) is 0 Å². The molecule has 0 spiro atoms. The molecular weight excluding hydrogens is 376 g/mol. The van der Waals surface area contributed by atoms with E-state index in [1.54, 1.807) is 6.08 Å². The number of amides is 2. The van der Waals surface area contributed by atoms with Crippen molar-refractivity contribution in [2.24, 2.45) is 5.92 Å². The third kappa shape index (κ3) is 8.85. The van der Waals surface area contributed by atoms with Gasteiger partial charge in [-0.1, -0.05) is 13.5 Å². The van der Waals surface area contributed by atoms with Crippen LogP contribution in [-0.4, -0.2) is 51.9 Å². The number of carboxylic acid groups (broad SMARTS) is 1. The lowest BCUT2D eigenvalue weighted by Crippen LogP contribution is -2.39. The van der Waals surface area contributed by atoms with Crippen molar-refractivity contribution in [1.29, 1.82) is 0 Å². The predicted octanol–water partition coefficient (Wildman–Crippen LogP) is 1.99. The highest BCUT2D eigenvalue weighted by Gasteiger charge is 2.21. The van der Waals surface area contributed by atoms with Crippen LogP contribution in [0.3, 0.4) is 0 Å². The van der Waals surface area contributed by atoms with Gasteiger partial charge in [0, 0.05) is 44.0 Å². The molecule has 0 saturated carbocycles. The lowest BCUT2D eigenvalue weighted by atomic mass is 10.0. The Morgan fingerprint density at radius 3 is 2.28 bits per heavy atom. The summed E-state index contributed by atoms with van der Waals surface area (Å²) in [7, 11) is 0. The Kier molecular flexibility index (Phi) is 9.99. The zero-order valence-electron chi connectivity index (χ0n) is 17.1. The van der Waals surface area contributed by atoms with Gasteiger partial charge in [0.15, 0.2) is 5.78 Å². The molecule has 8 nitrogen and oxygen atoms in total. The molecule has 29 heavy (non-hydrogen) atoms. The molecule has 0 saturated heterocycles. The Bertz CT molecular complexity index is 679. The van der Waals surface area contributed by atoms with Gasteiger partial charge in [0.05, 0.1) is 12.0 Å². The summed E-state index contributed by atoms with van der Waals surface area (Å²) in [5.41, 5.74) is 0.638. The van der Waals surface area contributed by atoms with E-state index in [0.717, 1.165) is 0 Å². The van der Waals surface area contributed by atoms with Crippen LogP contribution in [0.2, 0.25) is 0 Å². The summed E-state index contributed by atoms with van der Waals surface area (Å²) in [6.45, 7) is 7.21. The van der Waals surface area contributed by atoms with Crippen molar-refractivity contribution in [3.05, 3.63) is 24.4 Å². The van der Waals surface area contributed by atoms with Crippen LogP contribution in [0, 0.1) is 5.92 Å². The highest BCUT2D eigenvalue weighted by molar-refractivity contribution is 5.93. The molecule has 0 aromatic rings. The second kappa shape index (κ2) is 11.9. The smallest absolute Gasteiger partial charge is 0.306 e. The first-order valence-corrected chi connectivity index (χ1v) is 9.87. The normalized spacial score (nSPS) is 15.3. The third-order valence-electron chi connectivity index (χ3n) is 4.77. The molecule has 8 heteroatoms. The maximum absolute atomic E-state index is 11.9. The standard InChI is InChI=1S/C21H30N2O6/c1-14(21(28)29)13-18(25)16(3)22-19(26)9-5-4-7-17(24)8-6-12-23-15(2)10-11-20(23)27/h10-11,14,16H,2,4-9,12-13H2,1,3H3,(H,22,26)(H,28,29). The number of rotatable bonds is 14. The van der Waals surface area contributed by atoms with Crippen molar-refractivity contribution >= 4 is 29.4 Å². The van der Waals surface area contributed by atoms with Gasteiger partial charge >= 0.3 is 5.97 Å². The molecule has 1 heterocycles. The Morgan fingerprint density at radius 1 is 1.07 bits per heavy atom. The van der Waals surface area contributed by atoms with Crippen molar-refractivity contribution in [3.8, 4) is 0 Å². The number of Topliss-reactive ketones (excluding diaryl/α,β-unsaturated/α-hetero) is 2. The van der Waals surface area contributed by atoms with Crippen LogP contribution in [0.1, 0.15) is 58.8 Å². The van der Waals surface area contributed by atoms with Gasteiger partial charge in [-0.25, -0.2) is 0 Å². The van der Waals surface area contributed by atoms with Crippen LogP contribution in [0.25, 0.3) is 0 Å². The third-order valence-corrected chi connectivity index (χ3v) is 4.77. The minimum absolute atomic E-state index is 0.0850. The van der Waals surface area contributed by atoms with Gasteiger partial charge in [0.1, 0.15) is 5.78 Å². The van der Waals surface area contributed by atoms with Crippen LogP contribution < -0.4 is 5.32 Å². The number of allylic oxidation sites excluding steroid dienone is 1. The summed E-state index contributed by atoms with van der Waals surface area (Å²) < 4.78 is 0. The number of nitrogens with one attached hydrogen (secondary N) is 1. The molecule has 2 atom stereocenters. The molecule has 2 amide bonds. The highest BCUT2D eigenvalue weighted by atomic mass is 16.4. The highest BCUT2D eigenvalue weighted by Crippen LogP contribution is 2.14. The second-order valence-corrected chi connectivity index (χ2v) is 7.36. The van der Waals surface area contributed by atoms with Crippen molar-refractivity contribution in [2.75, 3.05) is 6.54 Å². The largest absolute Gasteiger partial charge is 0.481 e. The van der Waals surface area contributed by atoms with E-state index in [4.69, 9.17) is 5.11 Å². The molecule has 0 aliphatic carbocycles. The van der Waals surface area contributed by atoms with Gasteiger partial charge in [-0.2, -0.15) is 0 Å². The van der Waals surface area contributed by atoms with E-state index in [2.05, 4.69) is 11.9 Å². The number of carbonyl (C=O) groups is 5. The quantitative estimate of drug-likeness (QED) is 0.426. The summed E-state index contributed by atoms with van der Waals surface area (Å²) >= 11 is 0. The fourth-order valence-corrected chi connectivity index (χ4v) is 2.87. The molecule has 0 aromatic heterocycles. The van der Waals surface area contributed by atoms with Crippen LogP contribution in [0.5, 0.6) is 0 Å². The van der Waals surface area contributed by atoms with Crippen LogP contribution in [0.4, 0.5) is 0 Å². The van der Waals surface area contributed by atoms with Crippen LogP contribution in [-0.2, 0) is 24.0 Å². The number of carboxylic acids is 1. The van der Waals surface area contributed by atoms with Crippen molar-refractivity contribution < 1.29 is 29.1 Å². The second-order valence-electron chi connectivity index (χ2n) is 7.36. The van der Waals surface area contributed by atoms with Crippen molar-refractivity contribution in [2.45, 2.75) is 64.8 Å². The summed E-state index contributed by atoms with van der Waals surface area (Å²) in [5, 5.41) is 11.4. The summed E-state index contributed by atoms with van der Waals surface area (Å²) in [5.74, 6) is -2.47. The molecule has 0 radical (unpaired) electrons. The zero-order chi connectivity index (χ0) is 22.0. The molecule has 160 valence electrons. The van der Waals surface area contributed by atoms with Gasteiger partial charge in [-0.05, 0) is 32.3 Å². The van der Waals surface area contributed by atoms with E-state index in [9.17, 15) is 24.0 Å². The number of hydrogen-bond donors (Lipinski definition) is 2. The molecule has 0 fully saturated rings. The maximum atomic E-state index is 11.9. The number of aliphatic carboxylic acids is 1. The number of unbranched alkanes of at least 4 members (excludes halogenated alkanes) is 1. The Balaban J connectivity index is 2.13. The topological polar surface area (TPSA) is 121 Å². The summed E-state index contributed by atoms with van der Waals surface area (Å²) in [4.78, 5) is 59.6. The Morgan fingerprint density at radius 2 is 1.69 bits per heavy atom. The number of nitrogens with zero attached hydrogens (tertiary/aromatic N) is 1. The van der Waals surface area contributed by atoms with Gasteiger partial charge in [-0.3, -0.25) is 24.0 Å². The lowest BCUT2D eigenvalue weighted by Gasteiger charge is -2.16. The predicted molar refractivity (Wildman–Crippen MR) is 107 cm³/mol. The molecule has 1 rings (SSSR count). The van der Waals surface area contributed by atoms with E-state index in [0.29, 0.717) is 44.3 Å². The SMILES string of the molecule is C=C1C=CC(=O)N1CCCC(=O)CCCCC(=O)NC(C)C(=O)CC(C)C(=O)O. The lowest BCUT2D eigenvalue weighted by molar-refractivity contribution is -0.143. The minimum Gasteiger partial charge on any atom is -0.481 e. The summed E-state index contributed by atoms with van der Waals surface area (Å²) in [6, 6.07) is -0.733. The number of carbonyl (C=O) groups excluding carboxylic acids is 4. The van der Waals surface area contributed by atoms with Gasteiger partial charge < -0.3 is 15.3 Å². The molecule has 2 unspecified atom stereocenters. The first-order chi connectivity index (χ1) is 13.6. The fourth-order valence-electron chi connectivity index (χ4n) is 2.87. The van der Waals surface area contributed by atoms with E-state index in [1.807, 2.05) is 0 Å². The average molecular weight is 406 g/mol. The monoisotopic (exact) mass is 406 g/mol. The Labute approximate surface area is 171 Å². The fraction of sp³-hybridized carbons (Fsp3) is 0.571. The first-order valence-electron chi connectivity index (χ1n) is 9.87. The molecule has 0 bridgehead atoms. The molecule has 1 aliphatic rings. The first kappa shape index (κ1) is 24.3. The summed E-state index contributed by atoms with van der Waals surface area (Å²) in [6.07, 6.45) is 5.58. The van der Waals surface area contributed by atoms with Crippen LogP contribution in [0.15, 0.2) is 24.4 Å². The average Bonchev–Trinajstić information content (AvgIpc) is 2.97. The van der Waals surface area contributed by atoms with Gasteiger partial charge in [0.25, 0.3) is 5.91 Å². The zero-order valence-corrected chi connectivity index (χ0v) is 17.1. The molecule has 0 aromatic carbocycles. The minimum atomic E-state index is -1.05. The maximum Gasteiger partial charge on any atom is 0.306 e. The van der Waals surface area contributed by atoms with E-state index in [-0.39, 0.29) is 36.2 Å². The number of hydrogen-bond acceptors (Lipinski definition) is 5.